The maximum absolute atomic E-state index is 3.70. The Morgan fingerprint density at radius 1 is 0.952 bits per heavy atom. The van der Waals surface area contributed by atoms with Gasteiger partial charge in [0, 0.05) is 11.5 Å². The Kier molecular flexibility index (Phi) is 5.19. The van der Waals surface area contributed by atoms with Gasteiger partial charge >= 0.3 is 0 Å². The van der Waals surface area contributed by atoms with Crippen molar-refractivity contribution in [1.82, 2.24) is 5.32 Å². The van der Waals surface area contributed by atoms with Gasteiger partial charge in [-0.15, -0.1) is 0 Å². The molecule has 1 unspecified atom stereocenters. The number of hydrogen-bond donors (Lipinski definition) is 1. The van der Waals surface area contributed by atoms with Gasteiger partial charge in [0.2, 0.25) is 0 Å². The molecule has 112 valence electrons. The lowest BCUT2D eigenvalue weighted by Gasteiger charge is -2.36. The van der Waals surface area contributed by atoms with Gasteiger partial charge in [0.15, 0.2) is 0 Å². The van der Waals surface area contributed by atoms with Crippen LogP contribution in [0.1, 0.15) is 37.5 Å². The van der Waals surface area contributed by atoms with E-state index in [2.05, 4.69) is 87.6 Å². The molecular weight excluding hydrogens is 254 g/mol. The second-order valence-corrected chi connectivity index (χ2v) is 6.33. The molecule has 1 atom stereocenters. The molecule has 2 aromatic rings. The van der Waals surface area contributed by atoms with Crippen LogP contribution in [0.4, 0.5) is 0 Å². The predicted octanol–water partition coefficient (Wildman–Crippen LogP) is 4.49. The third kappa shape index (κ3) is 3.74. The van der Waals surface area contributed by atoms with Gasteiger partial charge in [0.05, 0.1) is 0 Å². The summed E-state index contributed by atoms with van der Waals surface area (Å²) in [7, 11) is 0. The van der Waals surface area contributed by atoms with E-state index >= 15 is 0 Å². The highest BCUT2D eigenvalue weighted by Crippen LogP contribution is 2.29. The minimum Gasteiger partial charge on any atom is -0.313 e. The topological polar surface area (TPSA) is 12.0 Å². The second-order valence-electron chi connectivity index (χ2n) is 6.33. The van der Waals surface area contributed by atoms with Crippen molar-refractivity contribution in [3.05, 3.63) is 71.3 Å². The van der Waals surface area contributed by atoms with Crippen molar-refractivity contribution in [2.45, 2.75) is 45.6 Å². The average molecular weight is 281 g/mol. The van der Waals surface area contributed by atoms with Crippen LogP contribution in [0.5, 0.6) is 0 Å². The monoisotopic (exact) mass is 281 g/mol. The fourth-order valence-electron chi connectivity index (χ4n) is 2.96. The lowest BCUT2D eigenvalue weighted by molar-refractivity contribution is 0.342. The van der Waals surface area contributed by atoms with E-state index in [1.807, 2.05) is 0 Å². The zero-order chi connectivity index (χ0) is 15.3. The van der Waals surface area contributed by atoms with Crippen molar-refractivity contribution in [2.75, 3.05) is 6.54 Å². The van der Waals surface area contributed by atoms with Gasteiger partial charge in [-0.2, -0.15) is 0 Å². The highest BCUT2D eigenvalue weighted by Gasteiger charge is 2.30. The van der Waals surface area contributed by atoms with Gasteiger partial charge in [0.25, 0.3) is 0 Å². The molecule has 21 heavy (non-hydrogen) atoms. The molecule has 0 bridgehead atoms. The molecule has 1 heteroatoms. The maximum atomic E-state index is 3.70. The summed E-state index contributed by atoms with van der Waals surface area (Å²) in [5.41, 5.74) is 4.31. The summed E-state index contributed by atoms with van der Waals surface area (Å²) in [4.78, 5) is 0. The van der Waals surface area contributed by atoms with Crippen molar-refractivity contribution in [3.8, 4) is 0 Å². The quantitative estimate of drug-likeness (QED) is 0.822. The normalized spacial score (nSPS) is 13.1. The Morgan fingerprint density at radius 3 is 2.19 bits per heavy atom. The molecule has 0 heterocycles. The lowest BCUT2D eigenvalue weighted by Crippen LogP contribution is -2.46. The molecule has 0 aliphatic carbocycles. The molecule has 0 radical (unpaired) electrons. The predicted molar refractivity (Wildman–Crippen MR) is 91.8 cm³/mol. The Bertz CT molecular complexity index is 557. The minimum atomic E-state index is 0.0968. The summed E-state index contributed by atoms with van der Waals surface area (Å²) < 4.78 is 0. The minimum absolute atomic E-state index is 0.0968. The van der Waals surface area contributed by atoms with Crippen LogP contribution < -0.4 is 5.32 Å². The van der Waals surface area contributed by atoms with E-state index in [0.29, 0.717) is 6.04 Å². The van der Waals surface area contributed by atoms with Crippen LogP contribution >= 0.6 is 0 Å². The standard InChI is InChI=1S/C20H27N/c1-5-21-19(15-17-12-10-9-11-16(17)2)20(3,4)18-13-7-6-8-14-18/h6-14,19,21H,5,15H2,1-4H3. The van der Waals surface area contributed by atoms with E-state index in [-0.39, 0.29) is 5.41 Å². The van der Waals surface area contributed by atoms with Crippen molar-refractivity contribution in [2.24, 2.45) is 0 Å². The van der Waals surface area contributed by atoms with Crippen LogP contribution in [-0.2, 0) is 11.8 Å². The largest absolute Gasteiger partial charge is 0.313 e. The first-order chi connectivity index (χ1) is 10.1. The van der Waals surface area contributed by atoms with Crippen molar-refractivity contribution >= 4 is 0 Å². The van der Waals surface area contributed by atoms with Crippen LogP contribution in [-0.4, -0.2) is 12.6 Å². The van der Waals surface area contributed by atoms with Gasteiger partial charge in [-0.05, 0) is 36.6 Å². The molecule has 2 rings (SSSR count). The van der Waals surface area contributed by atoms with Crippen molar-refractivity contribution in [1.29, 1.82) is 0 Å². The molecule has 0 spiro atoms. The number of likely N-dealkylation sites (N-methyl/N-ethyl adjacent to an activating group) is 1. The molecule has 0 saturated carbocycles. The Morgan fingerprint density at radius 2 is 1.57 bits per heavy atom. The lowest BCUT2D eigenvalue weighted by atomic mass is 9.75. The zero-order valence-corrected chi connectivity index (χ0v) is 13.7. The van der Waals surface area contributed by atoms with E-state index in [1.54, 1.807) is 0 Å². The van der Waals surface area contributed by atoms with Gasteiger partial charge in [-0.25, -0.2) is 0 Å². The zero-order valence-electron chi connectivity index (χ0n) is 13.7. The molecule has 0 aliphatic rings. The average Bonchev–Trinajstić information content (AvgIpc) is 2.50. The summed E-state index contributed by atoms with van der Waals surface area (Å²) in [6, 6.07) is 20.0. The van der Waals surface area contributed by atoms with Gasteiger partial charge in [-0.1, -0.05) is 75.4 Å². The molecule has 1 nitrogen and oxygen atoms in total. The molecule has 0 aliphatic heterocycles. The van der Waals surface area contributed by atoms with Crippen LogP contribution in [0, 0.1) is 6.92 Å². The number of rotatable bonds is 6. The number of benzene rings is 2. The van der Waals surface area contributed by atoms with Crippen LogP contribution in [0.15, 0.2) is 54.6 Å². The SMILES string of the molecule is CCNC(Cc1ccccc1C)C(C)(C)c1ccccc1. The molecule has 0 amide bonds. The number of hydrogen-bond acceptors (Lipinski definition) is 1. The highest BCUT2D eigenvalue weighted by molar-refractivity contribution is 5.30. The van der Waals surface area contributed by atoms with Gasteiger partial charge < -0.3 is 5.32 Å². The third-order valence-electron chi connectivity index (χ3n) is 4.52. The maximum Gasteiger partial charge on any atom is 0.0199 e. The molecular formula is C20H27N. The third-order valence-corrected chi connectivity index (χ3v) is 4.52. The van der Waals surface area contributed by atoms with Gasteiger partial charge in [-0.3, -0.25) is 0 Å². The highest BCUT2D eigenvalue weighted by atomic mass is 14.9. The van der Waals surface area contributed by atoms with Crippen LogP contribution in [0.3, 0.4) is 0 Å². The first kappa shape index (κ1) is 15.8. The second kappa shape index (κ2) is 6.91. The van der Waals surface area contributed by atoms with Crippen LogP contribution in [0.2, 0.25) is 0 Å². The fraction of sp³-hybridized carbons (Fsp3) is 0.400. The van der Waals surface area contributed by atoms with E-state index in [1.165, 1.54) is 16.7 Å². The van der Waals surface area contributed by atoms with Crippen molar-refractivity contribution < 1.29 is 0 Å². The van der Waals surface area contributed by atoms with E-state index < -0.39 is 0 Å². The molecule has 1 N–H and O–H groups in total. The summed E-state index contributed by atoms with van der Waals surface area (Å²) >= 11 is 0. The summed E-state index contributed by atoms with van der Waals surface area (Å²) in [5, 5.41) is 3.70. The fourth-order valence-corrected chi connectivity index (χ4v) is 2.96. The number of aryl methyl sites for hydroxylation is 1. The molecule has 0 saturated heterocycles. The summed E-state index contributed by atoms with van der Waals surface area (Å²) in [5.74, 6) is 0. The molecule has 2 aromatic carbocycles. The summed E-state index contributed by atoms with van der Waals surface area (Å²) in [6.07, 6.45) is 1.06. The number of nitrogens with one attached hydrogen (secondary N) is 1. The van der Waals surface area contributed by atoms with Gasteiger partial charge in [0.1, 0.15) is 0 Å². The smallest absolute Gasteiger partial charge is 0.0199 e. The first-order valence-corrected chi connectivity index (χ1v) is 7.89. The summed E-state index contributed by atoms with van der Waals surface area (Å²) in [6.45, 7) is 10.1. The van der Waals surface area contributed by atoms with E-state index in [9.17, 15) is 0 Å². The van der Waals surface area contributed by atoms with E-state index in [0.717, 1.165) is 13.0 Å². The Labute approximate surface area is 129 Å². The van der Waals surface area contributed by atoms with Crippen molar-refractivity contribution in [3.63, 3.8) is 0 Å². The Hall–Kier alpha value is -1.60. The first-order valence-electron chi connectivity index (χ1n) is 7.89. The van der Waals surface area contributed by atoms with E-state index in [4.69, 9.17) is 0 Å². The molecule has 0 aromatic heterocycles. The Balaban J connectivity index is 2.28. The van der Waals surface area contributed by atoms with Crippen LogP contribution in [0.25, 0.3) is 0 Å². The molecule has 0 fully saturated rings.